The van der Waals surface area contributed by atoms with Crippen LogP contribution >= 0.6 is 15.9 Å². The van der Waals surface area contributed by atoms with Gasteiger partial charge in [-0.1, -0.05) is 29.8 Å². The Morgan fingerprint density at radius 1 is 1.43 bits per heavy atom. The second-order valence-electron chi connectivity index (χ2n) is 4.26. The van der Waals surface area contributed by atoms with E-state index in [0.717, 1.165) is 12.3 Å². The van der Waals surface area contributed by atoms with Crippen molar-refractivity contribution in [1.29, 1.82) is 0 Å². The lowest BCUT2D eigenvalue weighted by atomic mass is 10.0. The zero-order valence-electron chi connectivity index (χ0n) is 9.13. The first-order valence-corrected chi connectivity index (χ1v) is 6.05. The number of rotatable bonds is 4. The molecule has 1 aromatic rings. The molecule has 0 aromatic carbocycles. The lowest BCUT2D eigenvalue weighted by molar-refractivity contribution is 0.568. The van der Waals surface area contributed by atoms with Gasteiger partial charge < -0.3 is 0 Å². The van der Waals surface area contributed by atoms with Gasteiger partial charge in [-0.3, -0.25) is 4.98 Å². The van der Waals surface area contributed by atoms with Crippen LogP contribution in [-0.4, -0.2) is 9.81 Å². The lowest BCUT2D eigenvalue weighted by Crippen LogP contribution is -2.07. The minimum atomic E-state index is 0.553. The molecular formula is C12H18BrN. The first-order valence-electron chi connectivity index (χ1n) is 5.13. The van der Waals surface area contributed by atoms with Crippen LogP contribution in [0.15, 0.2) is 18.3 Å². The van der Waals surface area contributed by atoms with Gasteiger partial charge in [-0.15, -0.1) is 0 Å². The lowest BCUT2D eigenvalue weighted by Gasteiger charge is -2.11. The van der Waals surface area contributed by atoms with Crippen molar-refractivity contribution >= 4 is 15.9 Å². The summed E-state index contributed by atoms with van der Waals surface area (Å²) in [6.07, 6.45) is 4.12. The highest BCUT2D eigenvalue weighted by Gasteiger charge is 2.08. The van der Waals surface area contributed by atoms with E-state index in [-0.39, 0.29) is 0 Å². The Bertz CT molecular complexity index is 283. The van der Waals surface area contributed by atoms with Crippen LogP contribution in [0.3, 0.4) is 0 Å². The average molecular weight is 256 g/mol. The molecule has 0 amide bonds. The topological polar surface area (TPSA) is 12.9 Å². The van der Waals surface area contributed by atoms with Crippen molar-refractivity contribution in [2.75, 3.05) is 0 Å². The van der Waals surface area contributed by atoms with Gasteiger partial charge in [0.15, 0.2) is 0 Å². The molecule has 0 fully saturated rings. The van der Waals surface area contributed by atoms with E-state index in [0.29, 0.717) is 4.83 Å². The Labute approximate surface area is 95.1 Å². The van der Waals surface area contributed by atoms with Gasteiger partial charge in [0.25, 0.3) is 0 Å². The number of halogens is 1. The third-order valence-electron chi connectivity index (χ3n) is 2.13. The third kappa shape index (κ3) is 4.23. The molecule has 14 heavy (non-hydrogen) atoms. The second kappa shape index (κ2) is 5.50. The van der Waals surface area contributed by atoms with Crippen LogP contribution in [0, 0.1) is 12.8 Å². The molecule has 1 heterocycles. The molecule has 1 atom stereocenters. The standard InChI is InChI=1S/C12H18BrN/c1-9(2)6-11(13)8-12-7-10(3)4-5-14-12/h4-5,7,9,11H,6,8H2,1-3H3. The van der Waals surface area contributed by atoms with Crippen LogP contribution < -0.4 is 0 Å². The van der Waals surface area contributed by atoms with Crippen molar-refractivity contribution in [3.8, 4) is 0 Å². The molecule has 0 aliphatic heterocycles. The molecule has 0 aliphatic carbocycles. The Morgan fingerprint density at radius 3 is 2.71 bits per heavy atom. The van der Waals surface area contributed by atoms with Gasteiger partial charge >= 0.3 is 0 Å². The summed E-state index contributed by atoms with van der Waals surface area (Å²) in [4.78, 5) is 4.91. The fourth-order valence-electron chi connectivity index (χ4n) is 1.53. The first kappa shape index (κ1) is 11.7. The van der Waals surface area contributed by atoms with E-state index in [9.17, 15) is 0 Å². The van der Waals surface area contributed by atoms with E-state index >= 15 is 0 Å². The van der Waals surface area contributed by atoms with Gasteiger partial charge in [0, 0.05) is 23.1 Å². The predicted molar refractivity (Wildman–Crippen MR) is 64.8 cm³/mol. The number of pyridine rings is 1. The number of nitrogens with zero attached hydrogens (tertiary/aromatic N) is 1. The van der Waals surface area contributed by atoms with Crippen molar-refractivity contribution in [1.82, 2.24) is 4.98 Å². The summed E-state index contributed by atoms with van der Waals surface area (Å²) in [5, 5.41) is 0. The van der Waals surface area contributed by atoms with Gasteiger partial charge in [0.2, 0.25) is 0 Å². The zero-order valence-corrected chi connectivity index (χ0v) is 10.7. The molecule has 0 bridgehead atoms. The normalized spacial score (nSPS) is 13.2. The number of hydrogen-bond donors (Lipinski definition) is 0. The van der Waals surface area contributed by atoms with Crippen LogP contribution in [0.25, 0.3) is 0 Å². The van der Waals surface area contributed by atoms with Gasteiger partial charge in [-0.05, 0) is 37.0 Å². The van der Waals surface area contributed by atoms with Crippen molar-refractivity contribution in [3.05, 3.63) is 29.6 Å². The summed E-state index contributed by atoms with van der Waals surface area (Å²) in [7, 11) is 0. The quantitative estimate of drug-likeness (QED) is 0.748. The molecule has 1 unspecified atom stereocenters. The maximum Gasteiger partial charge on any atom is 0.0417 e. The Morgan fingerprint density at radius 2 is 2.14 bits per heavy atom. The maximum atomic E-state index is 4.36. The Balaban J connectivity index is 2.51. The highest BCUT2D eigenvalue weighted by molar-refractivity contribution is 9.09. The first-order chi connectivity index (χ1) is 6.58. The van der Waals surface area contributed by atoms with Gasteiger partial charge in [0.1, 0.15) is 0 Å². The summed E-state index contributed by atoms with van der Waals surface area (Å²) >= 11 is 3.70. The Hall–Kier alpha value is -0.370. The molecule has 78 valence electrons. The summed E-state index contributed by atoms with van der Waals surface area (Å²) in [6, 6.07) is 4.20. The average Bonchev–Trinajstić information content (AvgIpc) is 2.01. The van der Waals surface area contributed by atoms with Gasteiger partial charge in [0.05, 0.1) is 0 Å². The highest BCUT2D eigenvalue weighted by Crippen LogP contribution is 2.17. The van der Waals surface area contributed by atoms with E-state index in [1.54, 1.807) is 0 Å². The van der Waals surface area contributed by atoms with E-state index in [2.05, 4.69) is 47.8 Å². The van der Waals surface area contributed by atoms with Crippen LogP contribution in [0.4, 0.5) is 0 Å². The number of hydrogen-bond acceptors (Lipinski definition) is 1. The number of aryl methyl sites for hydroxylation is 1. The molecule has 0 radical (unpaired) electrons. The highest BCUT2D eigenvalue weighted by atomic mass is 79.9. The molecule has 1 nitrogen and oxygen atoms in total. The second-order valence-corrected chi connectivity index (χ2v) is 5.55. The molecule has 1 rings (SSSR count). The summed E-state index contributed by atoms with van der Waals surface area (Å²) in [5.74, 6) is 0.740. The Kier molecular flexibility index (Phi) is 4.59. The van der Waals surface area contributed by atoms with Crippen LogP contribution in [-0.2, 0) is 6.42 Å². The molecule has 0 saturated carbocycles. The molecule has 0 N–H and O–H groups in total. The number of aromatic nitrogens is 1. The molecule has 0 aliphatic rings. The minimum Gasteiger partial charge on any atom is -0.261 e. The monoisotopic (exact) mass is 255 g/mol. The van der Waals surface area contributed by atoms with Gasteiger partial charge in [-0.2, -0.15) is 0 Å². The summed E-state index contributed by atoms with van der Waals surface area (Å²) in [5.41, 5.74) is 2.48. The molecule has 0 spiro atoms. The van der Waals surface area contributed by atoms with Crippen molar-refractivity contribution < 1.29 is 0 Å². The molecule has 1 aromatic heterocycles. The minimum absolute atomic E-state index is 0.553. The van der Waals surface area contributed by atoms with E-state index in [4.69, 9.17) is 0 Å². The number of alkyl halides is 1. The largest absolute Gasteiger partial charge is 0.261 e. The summed E-state index contributed by atoms with van der Waals surface area (Å²) < 4.78 is 0. The molecular weight excluding hydrogens is 238 g/mol. The van der Waals surface area contributed by atoms with Crippen molar-refractivity contribution in [2.45, 2.75) is 38.4 Å². The van der Waals surface area contributed by atoms with Crippen molar-refractivity contribution in [2.24, 2.45) is 5.92 Å². The van der Waals surface area contributed by atoms with Crippen LogP contribution in [0.2, 0.25) is 0 Å². The maximum absolute atomic E-state index is 4.36. The smallest absolute Gasteiger partial charge is 0.0417 e. The third-order valence-corrected chi connectivity index (χ3v) is 2.83. The van der Waals surface area contributed by atoms with Crippen LogP contribution in [0.5, 0.6) is 0 Å². The van der Waals surface area contributed by atoms with E-state index in [1.165, 1.54) is 17.7 Å². The van der Waals surface area contributed by atoms with Crippen molar-refractivity contribution in [3.63, 3.8) is 0 Å². The van der Waals surface area contributed by atoms with Gasteiger partial charge in [-0.25, -0.2) is 0 Å². The van der Waals surface area contributed by atoms with E-state index in [1.807, 2.05) is 12.3 Å². The summed E-state index contributed by atoms with van der Waals surface area (Å²) in [6.45, 7) is 6.60. The fourth-order valence-corrected chi connectivity index (χ4v) is 2.61. The fraction of sp³-hybridized carbons (Fsp3) is 0.583. The predicted octanol–water partition coefficient (Wildman–Crippen LogP) is 3.74. The zero-order chi connectivity index (χ0) is 10.6. The van der Waals surface area contributed by atoms with Crippen LogP contribution in [0.1, 0.15) is 31.5 Å². The molecule has 2 heteroatoms. The molecule has 0 saturated heterocycles. The SMILES string of the molecule is Cc1ccnc(CC(Br)CC(C)C)c1. The van der Waals surface area contributed by atoms with E-state index < -0.39 is 0 Å².